The monoisotopic (exact) mass is 497 g/mol. The molecule has 1 heterocycles. The van der Waals surface area contributed by atoms with E-state index in [1.54, 1.807) is 19.1 Å². The number of benzene rings is 3. The first-order valence-electron chi connectivity index (χ1n) is 10.9. The van der Waals surface area contributed by atoms with Crippen LogP contribution in [0.25, 0.3) is 11.0 Å². The van der Waals surface area contributed by atoms with Crippen LogP contribution in [0.3, 0.4) is 0 Å². The average molecular weight is 497 g/mol. The molecule has 0 saturated carbocycles. The summed E-state index contributed by atoms with van der Waals surface area (Å²) in [5, 5.41) is 2.60. The van der Waals surface area contributed by atoms with Crippen molar-refractivity contribution >= 4 is 22.6 Å². The highest BCUT2D eigenvalue weighted by molar-refractivity contribution is 5.92. The molecule has 0 fully saturated rings. The molecule has 0 atom stereocenters. The number of nitrogens with one attached hydrogen (secondary N) is 1. The number of anilines is 1. The second-order valence-electron chi connectivity index (χ2n) is 8.32. The highest BCUT2D eigenvalue weighted by atomic mass is 19.4. The van der Waals surface area contributed by atoms with Crippen molar-refractivity contribution in [3.05, 3.63) is 93.3 Å². The second-order valence-corrected chi connectivity index (χ2v) is 8.32. The van der Waals surface area contributed by atoms with Crippen molar-refractivity contribution in [1.82, 2.24) is 0 Å². The Morgan fingerprint density at radius 1 is 0.944 bits per heavy atom. The molecule has 1 N–H and O–H groups in total. The predicted molar refractivity (Wildman–Crippen MR) is 129 cm³/mol. The molecule has 4 aromatic rings. The molecule has 0 radical (unpaired) electrons. The highest BCUT2D eigenvalue weighted by Gasteiger charge is 2.40. The minimum absolute atomic E-state index is 0.0576. The molecular weight excluding hydrogens is 475 g/mol. The zero-order chi connectivity index (χ0) is 26.0. The van der Waals surface area contributed by atoms with Crippen LogP contribution in [-0.2, 0) is 11.0 Å². The number of carbonyl (C=O) groups is 1. The van der Waals surface area contributed by atoms with Crippen LogP contribution in [0.4, 0.5) is 18.9 Å². The van der Waals surface area contributed by atoms with Gasteiger partial charge in [0.2, 0.25) is 11.2 Å². The van der Waals surface area contributed by atoms with E-state index in [2.05, 4.69) is 5.32 Å². The number of hydrogen-bond donors (Lipinski definition) is 1. The fourth-order valence-corrected chi connectivity index (χ4v) is 3.53. The van der Waals surface area contributed by atoms with Crippen molar-refractivity contribution < 1.29 is 31.9 Å². The quantitative estimate of drug-likeness (QED) is 0.327. The van der Waals surface area contributed by atoms with E-state index in [1.807, 2.05) is 32.0 Å². The van der Waals surface area contributed by atoms with Crippen LogP contribution >= 0.6 is 0 Å². The molecule has 4 rings (SSSR count). The normalized spacial score (nSPS) is 11.4. The van der Waals surface area contributed by atoms with Gasteiger partial charge in [-0.1, -0.05) is 24.3 Å². The lowest BCUT2D eigenvalue weighted by Gasteiger charge is -2.14. The Morgan fingerprint density at radius 3 is 2.42 bits per heavy atom. The van der Waals surface area contributed by atoms with Gasteiger partial charge in [0, 0.05) is 11.8 Å². The third-order valence-electron chi connectivity index (χ3n) is 5.33. The van der Waals surface area contributed by atoms with Gasteiger partial charge in [0.25, 0.3) is 11.7 Å². The Balaban J connectivity index is 1.61. The van der Waals surface area contributed by atoms with Crippen LogP contribution in [-0.4, -0.2) is 12.5 Å². The average Bonchev–Trinajstić information content (AvgIpc) is 2.81. The summed E-state index contributed by atoms with van der Waals surface area (Å²) in [6.07, 6.45) is -4.99. The lowest BCUT2D eigenvalue weighted by Crippen LogP contribution is -2.20. The predicted octanol–water partition coefficient (Wildman–Crippen LogP) is 6.55. The van der Waals surface area contributed by atoms with Crippen molar-refractivity contribution in [2.75, 3.05) is 11.9 Å². The van der Waals surface area contributed by atoms with Gasteiger partial charge in [-0.25, -0.2) is 0 Å². The van der Waals surface area contributed by atoms with E-state index in [9.17, 15) is 22.8 Å². The van der Waals surface area contributed by atoms with Gasteiger partial charge in [-0.15, -0.1) is 0 Å². The lowest BCUT2D eigenvalue weighted by atomic mass is 10.1. The minimum atomic E-state index is -4.99. The molecule has 0 aliphatic rings. The molecule has 186 valence electrons. The maximum atomic E-state index is 13.8. The standard InChI is InChI=1S/C27H22F3NO5/c1-15-5-4-6-19(11-15)35-25-24(33)20-10-9-18(13-22(20)36-26(25)27(28,29)30)34-14-23(32)31-21-12-16(2)7-8-17(21)3/h4-13H,14H2,1-3H3,(H,31,32). The van der Waals surface area contributed by atoms with Crippen molar-refractivity contribution in [3.8, 4) is 17.2 Å². The molecule has 6 nitrogen and oxygen atoms in total. The third kappa shape index (κ3) is 5.51. The maximum absolute atomic E-state index is 13.8. The van der Waals surface area contributed by atoms with Crippen LogP contribution in [0.15, 0.2) is 69.9 Å². The van der Waals surface area contributed by atoms with E-state index in [-0.39, 0.29) is 22.5 Å². The van der Waals surface area contributed by atoms with E-state index >= 15 is 0 Å². The number of hydrogen-bond acceptors (Lipinski definition) is 5. The van der Waals surface area contributed by atoms with E-state index in [0.717, 1.165) is 22.8 Å². The maximum Gasteiger partial charge on any atom is 0.453 e. The van der Waals surface area contributed by atoms with Gasteiger partial charge in [-0.05, 0) is 67.8 Å². The number of carbonyl (C=O) groups excluding carboxylic acids is 1. The van der Waals surface area contributed by atoms with E-state index in [1.165, 1.54) is 24.3 Å². The third-order valence-corrected chi connectivity index (χ3v) is 5.33. The number of halogens is 3. The topological polar surface area (TPSA) is 77.8 Å². The minimum Gasteiger partial charge on any atom is -0.484 e. The number of fused-ring (bicyclic) bond motifs is 1. The summed E-state index contributed by atoms with van der Waals surface area (Å²) in [4.78, 5) is 25.3. The van der Waals surface area contributed by atoms with Crippen molar-refractivity contribution in [2.45, 2.75) is 26.9 Å². The summed E-state index contributed by atoms with van der Waals surface area (Å²) in [6.45, 7) is 5.07. The number of rotatable bonds is 6. The molecule has 0 aliphatic carbocycles. The summed E-state index contributed by atoms with van der Waals surface area (Å²) in [5.74, 6) is -2.85. The van der Waals surface area contributed by atoms with Crippen LogP contribution in [0.2, 0.25) is 0 Å². The Labute approximate surface area is 204 Å². The van der Waals surface area contributed by atoms with Crippen molar-refractivity contribution in [1.29, 1.82) is 0 Å². The summed E-state index contributed by atoms with van der Waals surface area (Å²) in [7, 11) is 0. The molecule has 1 aromatic heterocycles. The van der Waals surface area contributed by atoms with E-state index in [0.29, 0.717) is 5.69 Å². The van der Waals surface area contributed by atoms with Crippen LogP contribution < -0.4 is 20.2 Å². The molecule has 36 heavy (non-hydrogen) atoms. The number of aryl methyl sites for hydroxylation is 3. The van der Waals surface area contributed by atoms with Crippen LogP contribution in [0.1, 0.15) is 22.5 Å². The van der Waals surface area contributed by atoms with Crippen molar-refractivity contribution in [2.24, 2.45) is 0 Å². The summed E-state index contributed by atoms with van der Waals surface area (Å²) in [6, 6.07) is 15.6. The molecule has 0 saturated heterocycles. The van der Waals surface area contributed by atoms with Crippen LogP contribution in [0, 0.1) is 20.8 Å². The van der Waals surface area contributed by atoms with Gasteiger partial charge in [0.15, 0.2) is 6.61 Å². The Bertz CT molecular complexity index is 1510. The van der Waals surface area contributed by atoms with E-state index in [4.69, 9.17) is 13.9 Å². The van der Waals surface area contributed by atoms with Gasteiger partial charge in [0.05, 0.1) is 5.39 Å². The van der Waals surface area contributed by atoms with Gasteiger partial charge in [0.1, 0.15) is 17.1 Å². The second kappa shape index (κ2) is 9.77. The van der Waals surface area contributed by atoms with Crippen molar-refractivity contribution in [3.63, 3.8) is 0 Å². The first kappa shape index (κ1) is 24.8. The fourth-order valence-electron chi connectivity index (χ4n) is 3.53. The first-order chi connectivity index (χ1) is 17.0. The number of ether oxygens (including phenoxy) is 2. The lowest BCUT2D eigenvalue weighted by molar-refractivity contribution is -0.154. The van der Waals surface area contributed by atoms with Gasteiger partial charge < -0.3 is 19.2 Å². The molecule has 3 aromatic carbocycles. The Kier molecular flexibility index (Phi) is 6.74. The first-order valence-corrected chi connectivity index (χ1v) is 10.9. The van der Waals surface area contributed by atoms with Crippen LogP contribution in [0.5, 0.6) is 17.2 Å². The molecule has 0 bridgehead atoms. The smallest absolute Gasteiger partial charge is 0.453 e. The molecule has 1 amide bonds. The van der Waals surface area contributed by atoms with Gasteiger partial charge in [-0.3, -0.25) is 9.59 Å². The number of amides is 1. The largest absolute Gasteiger partial charge is 0.484 e. The highest BCUT2D eigenvalue weighted by Crippen LogP contribution is 2.38. The molecule has 0 unspecified atom stereocenters. The fraction of sp³-hybridized carbons (Fsp3) is 0.185. The molecular formula is C27H22F3NO5. The van der Waals surface area contributed by atoms with E-state index < -0.39 is 35.6 Å². The molecule has 0 aliphatic heterocycles. The Morgan fingerprint density at radius 2 is 1.69 bits per heavy atom. The zero-order valence-corrected chi connectivity index (χ0v) is 19.7. The molecule has 0 spiro atoms. The number of alkyl halides is 3. The summed E-state index contributed by atoms with van der Waals surface area (Å²) < 4.78 is 57.1. The zero-order valence-electron chi connectivity index (χ0n) is 19.7. The summed E-state index contributed by atoms with van der Waals surface area (Å²) >= 11 is 0. The molecule has 9 heteroatoms. The van der Waals surface area contributed by atoms with Gasteiger partial charge in [-0.2, -0.15) is 13.2 Å². The Hall–Kier alpha value is -4.27. The SMILES string of the molecule is Cc1cccc(Oc2c(C(F)(F)F)oc3cc(OCC(=O)Nc4cc(C)ccc4C)ccc3c2=O)c1. The van der Waals surface area contributed by atoms with Gasteiger partial charge >= 0.3 is 6.18 Å². The summed E-state index contributed by atoms with van der Waals surface area (Å²) in [5.41, 5.74) is 1.87.